The molecule has 1 aliphatic rings. The molecule has 1 aromatic carbocycles. The highest BCUT2D eigenvalue weighted by molar-refractivity contribution is 5.77. The van der Waals surface area contributed by atoms with Gasteiger partial charge >= 0.3 is 0 Å². The molecule has 3 nitrogen and oxygen atoms in total. The van der Waals surface area contributed by atoms with Crippen LogP contribution in [0.15, 0.2) is 18.2 Å². The zero-order chi connectivity index (χ0) is 13.5. The molecule has 1 aliphatic heterocycles. The number of para-hydroxylation sites is 1. The fourth-order valence-electron chi connectivity index (χ4n) is 3.03. The molecule has 1 atom stereocenters. The molecular formula is C15H20FN3. The lowest BCUT2D eigenvalue weighted by atomic mass is 9.88. The van der Waals surface area contributed by atoms with Gasteiger partial charge in [-0.2, -0.15) is 0 Å². The Morgan fingerprint density at radius 3 is 3.00 bits per heavy atom. The van der Waals surface area contributed by atoms with Crippen LogP contribution in [0.4, 0.5) is 4.39 Å². The number of nitrogens with zero attached hydrogens (tertiary/aromatic N) is 2. The SMILES string of the molecule is CCCn1c(C2(C)CCNC2)nc2c(F)cccc21. The fourth-order valence-corrected chi connectivity index (χ4v) is 3.03. The maximum absolute atomic E-state index is 13.9. The normalized spacial score (nSPS) is 23.3. The van der Waals surface area contributed by atoms with E-state index in [0.717, 1.165) is 43.8 Å². The van der Waals surface area contributed by atoms with E-state index in [1.165, 1.54) is 6.07 Å². The Morgan fingerprint density at radius 1 is 1.47 bits per heavy atom. The molecule has 0 amide bonds. The highest BCUT2D eigenvalue weighted by Gasteiger charge is 2.35. The number of nitrogens with one attached hydrogen (secondary N) is 1. The van der Waals surface area contributed by atoms with Crippen molar-refractivity contribution in [1.29, 1.82) is 0 Å². The van der Waals surface area contributed by atoms with Crippen molar-refractivity contribution in [2.45, 2.75) is 38.6 Å². The quantitative estimate of drug-likeness (QED) is 0.920. The third kappa shape index (κ3) is 1.94. The van der Waals surface area contributed by atoms with Crippen molar-refractivity contribution < 1.29 is 4.39 Å². The zero-order valence-corrected chi connectivity index (χ0v) is 11.5. The molecule has 4 heteroatoms. The number of rotatable bonds is 3. The molecule has 1 N–H and O–H groups in total. The van der Waals surface area contributed by atoms with Gasteiger partial charge in [0.1, 0.15) is 11.3 Å². The number of hydrogen-bond acceptors (Lipinski definition) is 2. The third-order valence-corrected chi connectivity index (χ3v) is 4.09. The van der Waals surface area contributed by atoms with Crippen LogP contribution in [0.1, 0.15) is 32.5 Å². The summed E-state index contributed by atoms with van der Waals surface area (Å²) in [6.07, 6.45) is 2.08. The van der Waals surface area contributed by atoms with Gasteiger partial charge in [-0.1, -0.05) is 19.9 Å². The van der Waals surface area contributed by atoms with E-state index >= 15 is 0 Å². The Balaban J connectivity index is 2.22. The summed E-state index contributed by atoms with van der Waals surface area (Å²) in [5.74, 6) is 0.808. The molecule has 1 aromatic heterocycles. The highest BCUT2D eigenvalue weighted by Crippen LogP contribution is 2.32. The average molecular weight is 261 g/mol. The molecule has 0 spiro atoms. The first-order chi connectivity index (χ1) is 9.15. The van der Waals surface area contributed by atoms with Gasteiger partial charge in [0.05, 0.1) is 5.52 Å². The Kier molecular flexibility index (Phi) is 3.05. The van der Waals surface area contributed by atoms with E-state index in [1.807, 2.05) is 6.07 Å². The fraction of sp³-hybridized carbons (Fsp3) is 0.533. The molecule has 1 unspecified atom stereocenters. The number of aryl methyl sites for hydroxylation is 1. The Bertz CT molecular complexity index is 597. The van der Waals surface area contributed by atoms with Gasteiger partial charge < -0.3 is 9.88 Å². The monoisotopic (exact) mass is 261 g/mol. The molecule has 0 bridgehead atoms. The second kappa shape index (κ2) is 4.60. The molecule has 0 aliphatic carbocycles. The summed E-state index contributed by atoms with van der Waals surface area (Å²) in [5.41, 5.74) is 1.45. The van der Waals surface area contributed by atoms with Crippen LogP contribution >= 0.6 is 0 Å². The summed E-state index contributed by atoms with van der Waals surface area (Å²) in [6, 6.07) is 5.23. The van der Waals surface area contributed by atoms with Crippen molar-refractivity contribution in [3.63, 3.8) is 0 Å². The van der Waals surface area contributed by atoms with Gasteiger partial charge in [0.15, 0.2) is 5.82 Å². The van der Waals surface area contributed by atoms with Crippen LogP contribution in [0.5, 0.6) is 0 Å². The topological polar surface area (TPSA) is 29.9 Å². The first-order valence-corrected chi connectivity index (χ1v) is 7.01. The van der Waals surface area contributed by atoms with Crippen molar-refractivity contribution in [2.75, 3.05) is 13.1 Å². The molecule has 19 heavy (non-hydrogen) atoms. The van der Waals surface area contributed by atoms with Gasteiger partial charge in [-0.25, -0.2) is 9.37 Å². The summed E-state index contributed by atoms with van der Waals surface area (Å²) in [4.78, 5) is 4.63. The largest absolute Gasteiger partial charge is 0.327 e. The van der Waals surface area contributed by atoms with Crippen molar-refractivity contribution in [2.24, 2.45) is 0 Å². The minimum atomic E-state index is -0.219. The third-order valence-electron chi connectivity index (χ3n) is 4.09. The van der Waals surface area contributed by atoms with E-state index < -0.39 is 0 Å². The molecule has 0 radical (unpaired) electrons. The second-order valence-electron chi connectivity index (χ2n) is 5.68. The predicted octanol–water partition coefficient (Wildman–Crippen LogP) is 2.84. The van der Waals surface area contributed by atoms with Gasteiger partial charge in [0.25, 0.3) is 0 Å². The number of aromatic nitrogens is 2. The van der Waals surface area contributed by atoms with Crippen molar-refractivity contribution in [3.05, 3.63) is 29.8 Å². The van der Waals surface area contributed by atoms with Crippen LogP contribution in [0.25, 0.3) is 11.0 Å². The van der Waals surface area contributed by atoms with Crippen LogP contribution < -0.4 is 5.32 Å². The number of imidazole rings is 1. The molecular weight excluding hydrogens is 241 g/mol. The predicted molar refractivity (Wildman–Crippen MR) is 74.8 cm³/mol. The molecule has 1 fully saturated rings. The van der Waals surface area contributed by atoms with Crippen molar-refractivity contribution >= 4 is 11.0 Å². The van der Waals surface area contributed by atoms with Gasteiger partial charge in [-0.15, -0.1) is 0 Å². The van der Waals surface area contributed by atoms with E-state index in [1.54, 1.807) is 6.07 Å². The zero-order valence-electron chi connectivity index (χ0n) is 11.5. The lowest BCUT2D eigenvalue weighted by Gasteiger charge is -2.23. The molecule has 2 heterocycles. The molecule has 3 rings (SSSR count). The van der Waals surface area contributed by atoms with Crippen LogP contribution in [-0.4, -0.2) is 22.6 Å². The maximum Gasteiger partial charge on any atom is 0.151 e. The highest BCUT2D eigenvalue weighted by atomic mass is 19.1. The molecule has 102 valence electrons. The summed E-state index contributed by atoms with van der Waals surface area (Å²) >= 11 is 0. The Hall–Kier alpha value is -1.42. The van der Waals surface area contributed by atoms with E-state index in [0.29, 0.717) is 5.52 Å². The van der Waals surface area contributed by atoms with Crippen LogP contribution in [0.2, 0.25) is 0 Å². The first kappa shape index (κ1) is 12.6. The molecule has 2 aromatic rings. The summed E-state index contributed by atoms with van der Waals surface area (Å²) in [7, 11) is 0. The van der Waals surface area contributed by atoms with Crippen molar-refractivity contribution in [3.8, 4) is 0 Å². The number of hydrogen-bond donors (Lipinski definition) is 1. The Labute approximate surface area is 112 Å². The lowest BCUT2D eigenvalue weighted by molar-refractivity contribution is 0.458. The van der Waals surface area contributed by atoms with Gasteiger partial charge in [0, 0.05) is 18.5 Å². The van der Waals surface area contributed by atoms with E-state index in [9.17, 15) is 4.39 Å². The minimum absolute atomic E-state index is 0.0145. The van der Waals surface area contributed by atoms with Crippen molar-refractivity contribution in [1.82, 2.24) is 14.9 Å². The standard InChI is InChI=1S/C15H20FN3/c1-3-9-19-12-6-4-5-11(16)13(12)18-14(19)15(2)7-8-17-10-15/h4-6,17H,3,7-10H2,1-2H3. The first-order valence-electron chi connectivity index (χ1n) is 7.01. The number of fused-ring (bicyclic) bond motifs is 1. The Morgan fingerprint density at radius 2 is 2.32 bits per heavy atom. The van der Waals surface area contributed by atoms with Gasteiger partial charge in [0.2, 0.25) is 0 Å². The van der Waals surface area contributed by atoms with Crippen LogP contribution in [-0.2, 0) is 12.0 Å². The van der Waals surface area contributed by atoms with E-state index in [4.69, 9.17) is 0 Å². The summed E-state index contributed by atoms with van der Waals surface area (Å²) < 4.78 is 16.1. The number of halogens is 1. The maximum atomic E-state index is 13.9. The van der Waals surface area contributed by atoms with Crippen LogP contribution in [0.3, 0.4) is 0 Å². The summed E-state index contributed by atoms with van der Waals surface area (Å²) in [6.45, 7) is 7.18. The average Bonchev–Trinajstić information content (AvgIpc) is 2.97. The summed E-state index contributed by atoms with van der Waals surface area (Å²) in [5, 5.41) is 3.39. The lowest BCUT2D eigenvalue weighted by Crippen LogP contribution is -2.29. The van der Waals surface area contributed by atoms with E-state index in [-0.39, 0.29) is 11.2 Å². The second-order valence-corrected chi connectivity index (χ2v) is 5.68. The van der Waals surface area contributed by atoms with E-state index in [2.05, 4.69) is 28.7 Å². The molecule has 1 saturated heterocycles. The number of benzene rings is 1. The minimum Gasteiger partial charge on any atom is -0.327 e. The van der Waals surface area contributed by atoms with Crippen LogP contribution in [0, 0.1) is 5.82 Å². The molecule has 0 saturated carbocycles. The van der Waals surface area contributed by atoms with Gasteiger partial charge in [-0.05, 0) is 31.5 Å². The smallest absolute Gasteiger partial charge is 0.151 e. The van der Waals surface area contributed by atoms with Gasteiger partial charge in [-0.3, -0.25) is 0 Å².